The van der Waals surface area contributed by atoms with Crippen molar-refractivity contribution in [1.82, 2.24) is 0 Å². The van der Waals surface area contributed by atoms with Gasteiger partial charge in [0.15, 0.2) is 0 Å². The van der Waals surface area contributed by atoms with Gasteiger partial charge in [0, 0.05) is 24.9 Å². The van der Waals surface area contributed by atoms with Crippen LogP contribution in [-0.2, 0) is 29.9 Å². The highest BCUT2D eigenvalue weighted by molar-refractivity contribution is 8.13. The van der Waals surface area contributed by atoms with Crippen LogP contribution in [0.3, 0.4) is 0 Å². The van der Waals surface area contributed by atoms with Crippen molar-refractivity contribution in [2.24, 2.45) is 0 Å². The van der Waals surface area contributed by atoms with Gasteiger partial charge in [0.2, 0.25) is 0 Å². The molecule has 0 saturated heterocycles. The zero-order chi connectivity index (χ0) is 15.2. The number of hydrogen-bond acceptors (Lipinski definition) is 6. The molecule has 8 heteroatoms. The van der Waals surface area contributed by atoms with Crippen molar-refractivity contribution < 1.29 is 27.4 Å². The van der Waals surface area contributed by atoms with Crippen molar-refractivity contribution in [3.8, 4) is 0 Å². The van der Waals surface area contributed by atoms with E-state index in [-0.39, 0.29) is 30.3 Å². The van der Waals surface area contributed by atoms with E-state index in [0.29, 0.717) is 5.56 Å². The minimum absolute atomic E-state index is 0.0762. The number of esters is 1. The van der Waals surface area contributed by atoms with Crippen LogP contribution in [0, 0.1) is 0 Å². The summed E-state index contributed by atoms with van der Waals surface area (Å²) in [6.07, 6.45) is 0. The van der Waals surface area contributed by atoms with E-state index in [9.17, 15) is 13.2 Å². The molecule has 112 valence electrons. The first kappa shape index (κ1) is 16.9. The number of carbonyl (C=O) groups excluding carboxylic acids is 1. The highest BCUT2D eigenvalue weighted by Crippen LogP contribution is 2.20. The number of ether oxygens (including phenoxy) is 3. The highest BCUT2D eigenvalue weighted by atomic mass is 35.7. The fourth-order valence-electron chi connectivity index (χ4n) is 1.47. The Balaban J connectivity index is 3.05. The zero-order valence-corrected chi connectivity index (χ0v) is 12.7. The lowest BCUT2D eigenvalue weighted by Gasteiger charge is -2.08. The average molecular weight is 323 g/mol. The molecular formula is C12H15ClO6S. The molecule has 1 aromatic carbocycles. The van der Waals surface area contributed by atoms with E-state index in [1.54, 1.807) is 0 Å². The number of carbonyl (C=O) groups is 1. The van der Waals surface area contributed by atoms with Gasteiger partial charge in [-0.25, -0.2) is 13.2 Å². The summed E-state index contributed by atoms with van der Waals surface area (Å²) in [5.74, 6) is -0.651. The zero-order valence-electron chi connectivity index (χ0n) is 11.1. The van der Waals surface area contributed by atoms with E-state index in [0.717, 1.165) is 6.07 Å². The third kappa shape index (κ3) is 5.09. The van der Waals surface area contributed by atoms with Gasteiger partial charge >= 0.3 is 5.97 Å². The van der Waals surface area contributed by atoms with Crippen LogP contribution in [-0.4, -0.2) is 41.8 Å². The van der Waals surface area contributed by atoms with Gasteiger partial charge in [-0.1, -0.05) is 0 Å². The van der Waals surface area contributed by atoms with Gasteiger partial charge in [0.25, 0.3) is 9.05 Å². The van der Waals surface area contributed by atoms with Crippen molar-refractivity contribution in [1.29, 1.82) is 0 Å². The quantitative estimate of drug-likeness (QED) is 0.430. The summed E-state index contributed by atoms with van der Waals surface area (Å²) in [5.41, 5.74) is 0.600. The van der Waals surface area contributed by atoms with E-state index in [2.05, 4.69) is 0 Å². The molecule has 0 N–H and O–H groups in total. The first-order valence-electron chi connectivity index (χ1n) is 5.62. The lowest BCUT2D eigenvalue weighted by Crippen LogP contribution is -2.11. The SMILES string of the molecule is COCCOC(=O)c1cc(COC)cc(S(=O)(=O)Cl)c1. The predicted octanol–water partition coefficient (Wildman–Crippen LogP) is 1.56. The topological polar surface area (TPSA) is 78.9 Å². The monoisotopic (exact) mass is 322 g/mol. The fraction of sp³-hybridized carbons (Fsp3) is 0.417. The highest BCUT2D eigenvalue weighted by Gasteiger charge is 2.16. The summed E-state index contributed by atoms with van der Waals surface area (Å²) in [6.45, 7) is 0.482. The molecule has 0 aliphatic rings. The minimum atomic E-state index is -3.94. The van der Waals surface area contributed by atoms with E-state index in [1.807, 2.05) is 0 Å². The molecule has 0 amide bonds. The molecule has 0 aliphatic heterocycles. The minimum Gasteiger partial charge on any atom is -0.460 e. The van der Waals surface area contributed by atoms with Crippen molar-refractivity contribution >= 4 is 25.7 Å². The van der Waals surface area contributed by atoms with Crippen LogP contribution in [0.2, 0.25) is 0 Å². The summed E-state index contributed by atoms with van der Waals surface area (Å²) in [6, 6.07) is 4.00. The summed E-state index contributed by atoms with van der Waals surface area (Å²) >= 11 is 0. The molecular weight excluding hydrogens is 308 g/mol. The van der Waals surface area contributed by atoms with E-state index >= 15 is 0 Å². The van der Waals surface area contributed by atoms with Gasteiger partial charge in [0.1, 0.15) is 6.61 Å². The van der Waals surface area contributed by atoms with Crippen molar-refractivity contribution in [2.45, 2.75) is 11.5 Å². The number of halogens is 1. The van der Waals surface area contributed by atoms with Crippen molar-refractivity contribution in [2.75, 3.05) is 27.4 Å². The maximum Gasteiger partial charge on any atom is 0.338 e. The second-order valence-corrected chi connectivity index (χ2v) is 6.43. The number of benzene rings is 1. The largest absolute Gasteiger partial charge is 0.460 e. The Hall–Kier alpha value is -1.15. The molecule has 0 aliphatic carbocycles. The number of methoxy groups -OCH3 is 2. The lowest BCUT2D eigenvalue weighted by atomic mass is 10.1. The number of rotatable bonds is 7. The van der Waals surface area contributed by atoms with Gasteiger partial charge in [0.05, 0.1) is 23.7 Å². The fourth-order valence-corrected chi connectivity index (χ4v) is 2.30. The molecule has 0 fully saturated rings. The molecule has 0 saturated carbocycles. The van der Waals surface area contributed by atoms with Crippen molar-refractivity contribution in [3.63, 3.8) is 0 Å². The summed E-state index contributed by atoms with van der Waals surface area (Å²) in [7, 11) is 4.29. The predicted molar refractivity (Wildman–Crippen MR) is 72.4 cm³/mol. The standard InChI is InChI=1S/C12H15ClO6S/c1-17-3-4-19-12(14)10-5-9(8-18-2)6-11(7-10)20(13,15)16/h5-7H,3-4,8H2,1-2H3. The van der Waals surface area contributed by atoms with Crippen LogP contribution in [0.1, 0.15) is 15.9 Å². The third-order valence-electron chi connectivity index (χ3n) is 2.32. The molecule has 0 bridgehead atoms. The van der Waals surface area contributed by atoms with Crippen molar-refractivity contribution in [3.05, 3.63) is 29.3 Å². The molecule has 6 nitrogen and oxygen atoms in total. The maximum absolute atomic E-state index is 11.8. The molecule has 1 rings (SSSR count). The molecule has 0 unspecified atom stereocenters. The molecule has 0 aromatic heterocycles. The van der Waals surface area contributed by atoms with Crippen LogP contribution in [0.15, 0.2) is 23.1 Å². The summed E-state index contributed by atoms with van der Waals surface area (Å²) < 4.78 is 37.4. The second kappa shape index (κ2) is 7.58. The van der Waals surface area contributed by atoms with Gasteiger partial charge in [-0.15, -0.1) is 0 Å². The lowest BCUT2D eigenvalue weighted by molar-refractivity contribution is 0.0387. The van der Waals surface area contributed by atoms with Gasteiger partial charge < -0.3 is 14.2 Å². The van der Waals surface area contributed by atoms with E-state index in [1.165, 1.54) is 26.4 Å². The van der Waals surface area contributed by atoms with Crippen LogP contribution in [0.25, 0.3) is 0 Å². The molecule has 0 heterocycles. The molecule has 0 spiro atoms. The average Bonchev–Trinajstić information content (AvgIpc) is 2.38. The van der Waals surface area contributed by atoms with Crippen LogP contribution < -0.4 is 0 Å². The van der Waals surface area contributed by atoms with Gasteiger partial charge in [-0.3, -0.25) is 0 Å². The molecule has 20 heavy (non-hydrogen) atoms. The normalized spacial score (nSPS) is 11.3. The summed E-state index contributed by atoms with van der Waals surface area (Å²) in [5, 5.41) is 0. The number of hydrogen-bond donors (Lipinski definition) is 0. The second-order valence-electron chi connectivity index (χ2n) is 3.87. The Bertz CT molecular complexity index is 569. The molecule has 0 radical (unpaired) electrons. The maximum atomic E-state index is 11.8. The molecule has 1 aromatic rings. The van der Waals surface area contributed by atoms with Gasteiger partial charge in [-0.05, 0) is 23.8 Å². The molecule has 0 atom stereocenters. The Kier molecular flexibility index (Phi) is 6.41. The first-order valence-corrected chi connectivity index (χ1v) is 7.93. The van der Waals surface area contributed by atoms with E-state index < -0.39 is 15.0 Å². The van der Waals surface area contributed by atoms with Crippen LogP contribution in [0.5, 0.6) is 0 Å². The summed E-state index contributed by atoms with van der Waals surface area (Å²) in [4.78, 5) is 11.6. The van der Waals surface area contributed by atoms with Crippen LogP contribution >= 0.6 is 10.7 Å². The van der Waals surface area contributed by atoms with Crippen LogP contribution in [0.4, 0.5) is 0 Å². The Morgan fingerprint density at radius 3 is 2.40 bits per heavy atom. The smallest absolute Gasteiger partial charge is 0.338 e. The Morgan fingerprint density at radius 2 is 1.85 bits per heavy atom. The Labute approximate surface area is 122 Å². The Morgan fingerprint density at radius 1 is 1.15 bits per heavy atom. The third-order valence-corrected chi connectivity index (χ3v) is 3.65. The van der Waals surface area contributed by atoms with E-state index in [4.69, 9.17) is 24.9 Å². The first-order chi connectivity index (χ1) is 9.38. The van der Waals surface area contributed by atoms with Gasteiger partial charge in [-0.2, -0.15) is 0 Å².